The minimum atomic E-state index is -1.20. The van der Waals surface area contributed by atoms with Gasteiger partial charge in [-0.1, -0.05) is 12.1 Å². The summed E-state index contributed by atoms with van der Waals surface area (Å²) in [4.78, 5) is 40.2. The first kappa shape index (κ1) is 25.3. The van der Waals surface area contributed by atoms with E-state index in [1.807, 2.05) is 0 Å². The van der Waals surface area contributed by atoms with Gasteiger partial charge in [-0.2, -0.15) is 4.37 Å². The van der Waals surface area contributed by atoms with E-state index < -0.39 is 29.6 Å². The van der Waals surface area contributed by atoms with Crippen LogP contribution in [0.15, 0.2) is 40.8 Å². The van der Waals surface area contributed by atoms with Crippen LogP contribution in [0.2, 0.25) is 0 Å². The minimum absolute atomic E-state index is 0.0499. The zero-order valence-corrected chi connectivity index (χ0v) is 20.3. The van der Waals surface area contributed by atoms with E-state index in [0.717, 1.165) is 12.8 Å². The molecule has 0 saturated carbocycles. The molecule has 2 aromatic heterocycles. The molecule has 1 fully saturated rings. The second-order valence-corrected chi connectivity index (χ2v) is 9.20. The highest BCUT2D eigenvalue weighted by Gasteiger charge is 2.37. The van der Waals surface area contributed by atoms with E-state index in [-0.39, 0.29) is 41.2 Å². The number of anilines is 1. The fourth-order valence-electron chi connectivity index (χ4n) is 3.97. The van der Waals surface area contributed by atoms with Crippen molar-refractivity contribution in [3.05, 3.63) is 69.9 Å². The molecule has 12 heteroatoms. The third kappa shape index (κ3) is 5.55. The summed E-state index contributed by atoms with van der Waals surface area (Å²) in [6.45, 7) is 2.53. The molecule has 0 unspecified atom stereocenters. The molecule has 190 valence electrons. The van der Waals surface area contributed by atoms with Crippen LogP contribution in [-0.2, 0) is 16.1 Å². The molecule has 2 atom stereocenters. The maximum Gasteiger partial charge on any atom is 0.270 e. The van der Waals surface area contributed by atoms with Crippen molar-refractivity contribution in [2.45, 2.75) is 38.5 Å². The first-order valence-electron chi connectivity index (χ1n) is 11.3. The monoisotopic (exact) mass is 515 g/mol. The molecule has 36 heavy (non-hydrogen) atoms. The van der Waals surface area contributed by atoms with Crippen molar-refractivity contribution in [2.75, 3.05) is 18.9 Å². The Morgan fingerprint density at radius 3 is 2.58 bits per heavy atom. The van der Waals surface area contributed by atoms with Crippen molar-refractivity contribution in [2.24, 2.45) is 5.73 Å². The number of benzene rings is 1. The molecule has 1 aliphatic rings. The van der Waals surface area contributed by atoms with E-state index in [1.165, 1.54) is 29.2 Å². The van der Waals surface area contributed by atoms with Crippen LogP contribution in [0.5, 0.6) is 0 Å². The number of amides is 3. The number of nitrogens with two attached hydrogens (primary N) is 2. The average molecular weight is 516 g/mol. The number of hydrogen-bond donors (Lipinski definition) is 3. The van der Waals surface area contributed by atoms with E-state index in [2.05, 4.69) is 9.69 Å². The van der Waals surface area contributed by atoms with Gasteiger partial charge in [0.25, 0.3) is 17.7 Å². The van der Waals surface area contributed by atoms with Crippen molar-refractivity contribution in [3.63, 3.8) is 0 Å². The summed E-state index contributed by atoms with van der Waals surface area (Å²) in [6.07, 6.45) is 1.60. The Hall–Kier alpha value is -3.77. The zero-order chi connectivity index (χ0) is 25.8. The lowest BCUT2D eigenvalue weighted by atomic mass is 10.1. The van der Waals surface area contributed by atoms with E-state index in [1.54, 1.807) is 19.1 Å². The largest absolute Gasteiger partial charge is 0.464 e. The summed E-state index contributed by atoms with van der Waals surface area (Å²) in [5.74, 6) is -1.69. The Bertz CT molecular complexity index is 1250. The number of hydrogen-bond acceptors (Lipinski definition) is 8. The second-order valence-electron chi connectivity index (χ2n) is 8.43. The van der Waals surface area contributed by atoms with Crippen LogP contribution in [0.4, 0.5) is 10.1 Å². The molecule has 1 saturated heterocycles. The highest BCUT2D eigenvalue weighted by molar-refractivity contribution is 7.09. The standard InChI is InChI=1S/C24H26FN5O5S/c1-13-4-9-17(35-13)20(23(32)28-11-16-3-2-10-34-16)30(12-14-5-7-15(25)8-6-14)24(33)21-18(26)19(22(27)31)29-36-21/h4-9,16,20H,2-3,10-12,26H2,1H3,(H2,27,31)(H,28,32)/t16-,20-/m1/s1. The number of aryl methyl sites for hydroxylation is 1. The van der Waals surface area contributed by atoms with Gasteiger partial charge in [-0.25, -0.2) is 4.39 Å². The third-order valence-corrected chi connectivity index (χ3v) is 6.65. The van der Waals surface area contributed by atoms with Crippen molar-refractivity contribution in [3.8, 4) is 0 Å². The Morgan fingerprint density at radius 2 is 2.00 bits per heavy atom. The van der Waals surface area contributed by atoms with Crippen molar-refractivity contribution < 1.29 is 27.9 Å². The Labute approximate surface area is 210 Å². The molecule has 0 bridgehead atoms. The van der Waals surface area contributed by atoms with Crippen molar-refractivity contribution >= 4 is 34.9 Å². The fraction of sp³-hybridized carbons (Fsp3) is 0.333. The number of primary amides is 1. The van der Waals surface area contributed by atoms with Crippen LogP contribution in [-0.4, -0.2) is 46.3 Å². The number of rotatable bonds is 9. The molecule has 4 rings (SSSR count). The van der Waals surface area contributed by atoms with Gasteiger partial charge in [0.05, 0.1) is 11.8 Å². The SMILES string of the molecule is Cc1ccc([C@H](C(=O)NC[C@H]2CCCO2)N(Cc2ccc(F)cc2)C(=O)c2snc(C(N)=O)c2N)o1. The van der Waals surface area contributed by atoms with Gasteiger partial charge in [0.2, 0.25) is 0 Å². The Kier molecular flexibility index (Phi) is 7.65. The summed E-state index contributed by atoms with van der Waals surface area (Å²) >= 11 is 0.708. The van der Waals surface area contributed by atoms with E-state index in [4.69, 9.17) is 20.6 Å². The Balaban J connectivity index is 1.73. The van der Waals surface area contributed by atoms with Gasteiger partial charge in [-0.15, -0.1) is 0 Å². The number of ether oxygens (including phenoxy) is 1. The molecule has 3 amide bonds. The molecule has 0 aliphatic carbocycles. The number of nitrogens with one attached hydrogen (secondary N) is 1. The van der Waals surface area contributed by atoms with E-state index in [9.17, 15) is 18.8 Å². The normalized spacial score (nSPS) is 16.0. The molecule has 1 aliphatic heterocycles. The lowest BCUT2D eigenvalue weighted by molar-refractivity contribution is -0.127. The molecule has 0 radical (unpaired) electrons. The number of carbonyl (C=O) groups is 3. The molecule has 1 aromatic carbocycles. The molecule has 3 aromatic rings. The van der Waals surface area contributed by atoms with Crippen molar-refractivity contribution in [1.29, 1.82) is 0 Å². The lowest BCUT2D eigenvalue weighted by Gasteiger charge is -2.30. The summed E-state index contributed by atoms with van der Waals surface area (Å²) in [6, 6.07) is 7.63. The maximum atomic E-state index is 13.8. The summed E-state index contributed by atoms with van der Waals surface area (Å²) in [5.41, 5.74) is 11.5. The van der Waals surface area contributed by atoms with Crippen LogP contribution in [0.25, 0.3) is 0 Å². The number of aromatic nitrogens is 1. The number of carbonyl (C=O) groups excluding carboxylic acids is 3. The average Bonchev–Trinajstić information content (AvgIpc) is 3.60. The van der Waals surface area contributed by atoms with Crippen LogP contribution in [0.3, 0.4) is 0 Å². The second kappa shape index (κ2) is 10.9. The van der Waals surface area contributed by atoms with Gasteiger partial charge in [-0.3, -0.25) is 14.4 Å². The summed E-state index contributed by atoms with van der Waals surface area (Å²) < 4.78 is 28.8. The van der Waals surface area contributed by atoms with Gasteiger partial charge in [-0.05, 0) is 61.1 Å². The molecule has 10 nitrogen and oxygen atoms in total. The summed E-state index contributed by atoms with van der Waals surface area (Å²) in [7, 11) is 0. The molecular formula is C24H26FN5O5S. The Morgan fingerprint density at radius 1 is 1.25 bits per heavy atom. The van der Waals surface area contributed by atoms with Gasteiger partial charge >= 0.3 is 0 Å². The summed E-state index contributed by atoms with van der Waals surface area (Å²) in [5, 5.41) is 2.86. The third-order valence-electron chi connectivity index (χ3n) is 5.80. The van der Waals surface area contributed by atoms with Crippen molar-refractivity contribution in [1.82, 2.24) is 14.6 Å². The quantitative estimate of drug-likeness (QED) is 0.396. The highest BCUT2D eigenvalue weighted by atomic mass is 32.1. The molecule has 5 N–H and O–H groups in total. The van der Waals surface area contributed by atoms with Crippen LogP contribution in [0.1, 0.15) is 56.1 Å². The fourth-order valence-corrected chi connectivity index (χ4v) is 4.73. The topological polar surface area (TPSA) is 154 Å². The van der Waals surface area contributed by atoms with Crippen LogP contribution >= 0.6 is 11.5 Å². The zero-order valence-electron chi connectivity index (χ0n) is 19.5. The van der Waals surface area contributed by atoms with Gasteiger partial charge in [0.15, 0.2) is 11.7 Å². The number of halogens is 1. The lowest BCUT2D eigenvalue weighted by Crippen LogP contribution is -2.45. The maximum absolute atomic E-state index is 13.8. The number of nitrogens with zero attached hydrogens (tertiary/aromatic N) is 2. The smallest absolute Gasteiger partial charge is 0.270 e. The first-order valence-corrected chi connectivity index (χ1v) is 12.1. The van der Waals surface area contributed by atoms with Crippen LogP contribution in [0, 0.1) is 12.7 Å². The van der Waals surface area contributed by atoms with Gasteiger partial charge in [0.1, 0.15) is 22.2 Å². The number of furan rings is 1. The van der Waals surface area contributed by atoms with Gasteiger partial charge in [0, 0.05) is 19.7 Å². The predicted octanol–water partition coefficient (Wildman–Crippen LogP) is 2.54. The van der Waals surface area contributed by atoms with E-state index >= 15 is 0 Å². The first-order chi connectivity index (χ1) is 17.2. The number of nitrogen functional groups attached to an aromatic ring is 1. The molecule has 3 heterocycles. The van der Waals surface area contributed by atoms with Crippen LogP contribution < -0.4 is 16.8 Å². The minimum Gasteiger partial charge on any atom is -0.464 e. The molecular weight excluding hydrogens is 489 g/mol. The van der Waals surface area contributed by atoms with E-state index in [0.29, 0.717) is 29.5 Å². The molecule has 0 spiro atoms. The highest BCUT2D eigenvalue weighted by Crippen LogP contribution is 2.31. The predicted molar refractivity (Wildman–Crippen MR) is 129 cm³/mol. The van der Waals surface area contributed by atoms with Gasteiger partial charge < -0.3 is 30.8 Å².